The van der Waals surface area contributed by atoms with Crippen molar-refractivity contribution in [3.63, 3.8) is 0 Å². The van der Waals surface area contributed by atoms with E-state index < -0.39 is 39.1 Å². The third kappa shape index (κ3) is 4.19. The van der Waals surface area contributed by atoms with E-state index in [1.54, 1.807) is 4.72 Å². The van der Waals surface area contributed by atoms with Crippen molar-refractivity contribution >= 4 is 15.7 Å². The van der Waals surface area contributed by atoms with Crippen LogP contribution in [0.5, 0.6) is 0 Å². The Morgan fingerprint density at radius 1 is 0.913 bits per heavy atom. The average Bonchev–Trinajstić information content (AvgIpc) is 2.41. The van der Waals surface area contributed by atoms with Crippen LogP contribution >= 0.6 is 0 Å². The minimum absolute atomic E-state index is 0.0206. The molecule has 0 aliphatic rings. The van der Waals surface area contributed by atoms with E-state index in [0.717, 1.165) is 42.7 Å². The lowest BCUT2D eigenvalue weighted by Gasteiger charge is -2.11. The summed E-state index contributed by atoms with van der Waals surface area (Å²) in [5.74, 6) is -2.35. The first-order valence-corrected chi connectivity index (χ1v) is 8.01. The van der Waals surface area contributed by atoms with Crippen molar-refractivity contribution in [2.45, 2.75) is 6.18 Å². The molecule has 2 aromatic rings. The second-order valence-electron chi connectivity index (χ2n) is 4.76. The fraction of sp³-hybridized carbons (Fsp3) is 0.143. The van der Waals surface area contributed by atoms with Crippen LogP contribution in [-0.2, 0) is 16.2 Å². The van der Waals surface area contributed by atoms with Crippen LogP contribution in [0.25, 0.3) is 11.1 Å². The topological polar surface area (TPSA) is 46.2 Å². The molecule has 3 nitrogen and oxygen atoms in total. The third-order valence-corrected chi connectivity index (χ3v) is 3.45. The lowest BCUT2D eigenvalue weighted by molar-refractivity contribution is -0.137. The van der Waals surface area contributed by atoms with Crippen molar-refractivity contribution in [2.75, 3.05) is 11.0 Å². The normalized spacial score (nSPS) is 12.3. The summed E-state index contributed by atoms with van der Waals surface area (Å²) in [6.45, 7) is 0. The molecule has 0 radical (unpaired) electrons. The highest BCUT2D eigenvalue weighted by Gasteiger charge is 2.30. The maximum atomic E-state index is 13.8. The number of rotatable bonds is 3. The van der Waals surface area contributed by atoms with Gasteiger partial charge in [-0.1, -0.05) is 12.1 Å². The standard InChI is InChI=1S/C14H10F5NO2S/c1-23(21,22)20-13-11(15)6-9(7-12(13)16)8-2-4-10(5-3-8)14(17,18)19/h2-7,20H,1H3. The van der Waals surface area contributed by atoms with Crippen molar-refractivity contribution < 1.29 is 30.4 Å². The quantitative estimate of drug-likeness (QED) is 0.849. The molecule has 0 spiro atoms. The smallest absolute Gasteiger partial charge is 0.278 e. The molecule has 1 N–H and O–H groups in total. The van der Waals surface area contributed by atoms with E-state index in [4.69, 9.17) is 0 Å². The van der Waals surface area contributed by atoms with E-state index in [0.29, 0.717) is 0 Å². The maximum Gasteiger partial charge on any atom is 0.416 e. The molecule has 124 valence electrons. The molecular weight excluding hydrogens is 341 g/mol. The first kappa shape index (κ1) is 17.2. The van der Waals surface area contributed by atoms with E-state index in [9.17, 15) is 30.4 Å². The summed E-state index contributed by atoms with van der Waals surface area (Å²) >= 11 is 0. The Morgan fingerprint density at radius 2 is 1.39 bits per heavy atom. The van der Waals surface area contributed by atoms with Crippen LogP contribution in [0, 0.1) is 11.6 Å². The number of hydrogen-bond donors (Lipinski definition) is 1. The highest BCUT2D eigenvalue weighted by molar-refractivity contribution is 7.92. The summed E-state index contributed by atoms with van der Waals surface area (Å²) in [7, 11) is -3.88. The molecule has 0 bridgehead atoms. The van der Waals surface area contributed by atoms with Crippen LogP contribution in [0.2, 0.25) is 0 Å². The fourth-order valence-corrected chi connectivity index (χ4v) is 2.44. The molecule has 0 heterocycles. The Bertz CT molecular complexity index is 806. The first-order chi connectivity index (χ1) is 10.5. The lowest BCUT2D eigenvalue weighted by atomic mass is 10.0. The molecule has 0 unspecified atom stereocenters. The van der Waals surface area contributed by atoms with E-state index in [-0.39, 0.29) is 11.1 Å². The number of benzene rings is 2. The van der Waals surface area contributed by atoms with Crippen molar-refractivity contribution in [2.24, 2.45) is 0 Å². The SMILES string of the molecule is CS(=O)(=O)Nc1c(F)cc(-c2ccc(C(F)(F)F)cc2)cc1F. The van der Waals surface area contributed by atoms with E-state index in [2.05, 4.69) is 0 Å². The Hall–Kier alpha value is -2.16. The van der Waals surface area contributed by atoms with Gasteiger partial charge in [-0.3, -0.25) is 4.72 Å². The first-order valence-electron chi connectivity index (χ1n) is 6.12. The second-order valence-corrected chi connectivity index (χ2v) is 6.51. The highest BCUT2D eigenvalue weighted by atomic mass is 32.2. The molecule has 9 heteroatoms. The number of halogens is 5. The Kier molecular flexibility index (Phi) is 4.34. The average molecular weight is 351 g/mol. The van der Waals surface area contributed by atoms with Gasteiger partial charge in [0.25, 0.3) is 0 Å². The fourth-order valence-electron chi connectivity index (χ4n) is 1.87. The second kappa shape index (κ2) is 5.80. The van der Waals surface area contributed by atoms with E-state index in [1.807, 2.05) is 0 Å². The third-order valence-electron chi connectivity index (χ3n) is 2.88. The van der Waals surface area contributed by atoms with Crippen LogP contribution in [0.1, 0.15) is 5.56 Å². The van der Waals surface area contributed by atoms with Crippen molar-refractivity contribution in [3.05, 3.63) is 53.6 Å². The largest absolute Gasteiger partial charge is 0.416 e. The molecule has 0 amide bonds. The lowest BCUT2D eigenvalue weighted by Crippen LogP contribution is -2.12. The number of sulfonamides is 1. The predicted octanol–water partition coefficient (Wildman–Crippen LogP) is 4.02. The zero-order valence-electron chi connectivity index (χ0n) is 11.6. The van der Waals surface area contributed by atoms with Crippen LogP contribution in [-0.4, -0.2) is 14.7 Å². The molecule has 2 rings (SSSR count). The van der Waals surface area contributed by atoms with Crippen molar-refractivity contribution in [3.8, 4) is 11.1 Å². The number of anilines is 1. The van der Waals surface area contributed by atoms with Crippen molar-refractivity contribution in [1.82, 2.24) is 0 Å². The molecule has 2 aromatic carbocycles. The van der Waals surface area contributed by atoms with Gasteiger partial charge >= 0.3 is 6.18 Å². The molecule has 23 heavy (non-hydrogen) atoms. The van der Waals surface area contributed by atoms with Gasteiger partial charge in [-0.15, -0.1) is 0 Å². The molecule has 0 saturated heterocycles. The van der Waals surface area contributed by atoms with Crippen LogP contribution < -0.4 is 4.72 Å². The molecule has 0 aliphatic carbocycles. The van der Waals surface area contributed by atoms with Gasteiger partial charge < -0.3 is 0 Å². The summed E-state index contributed by atoms with van der Waals surface area (Å²) in [5, 5.41) is 0. The van der Waals surface area contributed by atoms with Gasteiger partial charge in [-0.2, -0.15) is 13.2 Å². The Labute approximate surface area is 128 Å². The minimum atomic E-state index is -4.52. The summed E-state index contributed by atoms with van der Waals surface area (Å²) < 4.78 is 88.9. The van der Waals surface area contributed by atoms with Gasteiger partial charge in [-0.05, 0) is 35.4 Å². The van der Waals surface area contributed by atoms with Crippen LogP contribution in [0.3, 0.4) is 0 Å². The van der Waals surface area contributed by atoms with Crippen molar-refractivity contribution in [1.29, 1.82) is 0 Å². The minimum Gasteiger partial charge on any atom is -0.278 e. The molecule has 0 aliphatic heterocycles. The summed E-state index contributed by atoms with van der Waals surface area (Å²) in [6, 6.07) is 5.38. The molecule has 0 aromatic heterocycles. The summed E-state index contributed by atoms with van der Waals surface area (Å²) in [4.78, 5) is 0. The highest BCUT2D eigenvalue weighted by Crippen LogP contribution is 2.32. The number of alkyl halides is 3. The van der Waals surface area contributed by atoms with Gasteiger partial charge in [0.2, 0.25) is 10.0 Å². The van der Waals surface area contributed by atoms with Gasteiger partial charge in [0.1, 0.15) is 5.69 Å². The van der Waals surface area contributed by atoms with Crippen LogP contribution in [0.4, 0.5) is 27.6 Å². The Balaban J connectivity index is 2.42. The molecule has 0 saturated carbocycles. The number of hydrogen-bond acceptors (Lipinski definition) is 2. The zero-order chi connectivity index (χ0) is 17.4. The monoisotopic (exact) mass is 351 g/mol. The molecule has 0 fully saturated rings. The molecule has 0 atom stereocenters. The maximum absolute atomic E-state index is 13.8. The van der Waals surface area contributed by atoms with Gasteiger partial charge in [0.05, 0.1) is 11.8 Å². The Morgan fingerprint density at radius 3 is 1.78 bits per heavy atom. The van der Waals surface area contributed by atoms with Gasteiger partial charge in [-0.25, -0.2) is 17.2 Å². The van der Waals surface area contributed by atoms with Gasteiger partial charge in [0.15, 0.2) is 11.6 Å². The van der Waals surface area contributed by atoms with Gasteiger partial charge in [0, 0.05) is 0 Å². The summed E-state index contributed by atoms with van der Waals surface area (Å²) in [5.41, 5.74) is -1.60. The predicted molar refractivity (Wildman–Crippen MR) is 75.3 cm³/mol. The van der Waals surface area contributed by atoms with E-state index in [1.165, 1.54) is 0 Å². The number of nitrogens with one attached hydrogen (secondary N) is 1. The zero-order valence-corrected chi connectivity index (χ0v) is 12.4. The van der Waals surface area contributed by atoms with E-state index >= 15 is 0 Å². The molecular formula is C14H10F5NO2S. The summed E-state index contributed by atoms with van der Waals surface area (Å²) in [6.07, 6.45) is -3.78. The van der Waals surface area contributed by atoms with Crippen LogP contribution in [0.15, 0.2) is 36.4 Å².